The van der Waals surface area contributed by atoms with E-state index in [4.69, 9.17) is 4.74 Å². The van der Waals surface area contributed by atoms with Crippen LogP contribution in [-0.2, 0) is 27.6 Å². The van der Waals surface area contributed by atoms with E-state index in [1.54, 1.807) is 12.1 Å². The molecular weight excluding hydrogens is 412 g/mol. The van der Waals surface area contributed by atoms with Gasteiger partial charge in [0, 0.05) is 25.1 Å². The van der Waals surface area contributed by atoms with Crippen molar-refractivity contribution in [3.63, 3.8) is 0 Å². The Hall–Kier alpha value is -1.88. The van der Waals surface area contributed by atoms with Gasteiger partial charge in [0.2, 0.25) is 15.2 Å². The predicted octanol–water partition coefficient (Wildman–Crippen LogP) is 2.72. The third kappa shape index (κ3) is 5.19. The number of aryl methyl sites for hydroxylation is 2. The first-order valence-corrected chi connectivity index (χ1v) is 12.1. The summed E-state index contributed by atoms with van der Waals surface area (Å²) in [7, 11) is -3.69. The summed E-state index contributed by atoms with van der Waals surface area (Å²) in [5, 5.41) is 12.1. The Labute approximate surface area is 175 Å². The molecule has 29 heavy (non-hydrogen) atoms. The Morgan fingerprint density at radius 1 is 1.24 bits per heavy atom. The van der Waals surface area contributed by atoms with Crippen molar-refractivity contribution in [2.24, 2.45) is 0 Å². The Morgan fingerprint density at radius 2 is 2.00 bits per heavy atom. The Bertz CT molecular complexity index is 953. The summed E-state index contributed by atoms with van der Waals surface area (Å²) in [5.74, 6) is -0.399. The van der Waals surface area contributed by atoms with Gasteiger partial charge in [-0.05, 0) is 30.5 Å². The van der Waals surface area contributed by atoms with Gasteiger partial charge in [-0.2, -0.15) is 4.31 Å². The average molecular weight is 439 g/mol. The maximum Gasteiger partial charge on any atom is 0.257 e. The molecule has 1 N–H and O–H groups in total. The molecule has 10 heteroatoms. The van der Waals surface area contributed by atoms with Gasteiger partial charge in [-0.3, -0.25) is 10.1 Å². The molecule has 1 saturated heterocycles. The van der Waals surface area contributed by atoms with E-state index in [-0.39, 0.29) is 10.5 Å². The second-order valence-electron chi connectivity index (χ2n) is 6.75. The molecule has 158 valence electrons. The van der Waals surface area contributed by atoms with Crippen LogP contribution in [0.4, 0.5) is 5.13 Å². The van der Waals surface area contributed by atoms with Crippen LogP contribution in [0.15, 0.2) is 23.1 Å². The summed E-state index contributed by atoms with van der Waals surface area (Å²) in [6.45, 7) is 5.37. The Kier molecular flexibility index (Phi) is 7.33. The number of rotatable bonds is 8. The number of nitrogens with one attached hydrogen (secondary N) is 1. The molecule has 0 bridgehead atoms. The van der Waals surface area contributed by atoms with E-state index in [9.17, 15) is 13.2 Å². The zero-order valence-corrected chi connectivity index (χ0v) is 18.3. The number of nitrogens with zero attached hydrogens (tertiary/aromatic N) is 3. The van der Waals surface area contributed by atoms with Crippen molar-refractivity contribution >= 4 is 32.4 Å². The molecule has 2 heterocycles. The van der Waals surface area contributed by atoms with Crippen LogP contribution in [0.3, 0.4) is 0 Å². The molecule has 2 aromatic rings. The summed E-state index contributed by atoms with van der Waals surface area (Å²) in [5.41, 5.74) is 0.963. The number of ether oxygens (including phenoxy) is 1. The third-order valence-electron chi connectivity index (χ3n) is 4.73. The van der Waals surface area contributed by atoms with Gasteiger partial charge in [0.25, 0.3) is 5.91 Å². The van der Waals surface area contributed by atoms with E-state index < -0.39 is 15.9 Å². The second-order valence-corrected chi connectivity index (χ2v) is 9.72. The number of carbonyl (C=O) groups excluding carboxylic acids is 1. The lowest BCUT2D eigenvalue weighted by Gasteiger charge is -2.27. The lowest BCUT2D eigenvalue weighted by atomic mass is 10.1. The third-order valence-corrected chi connectivity index (χ3v) is 7.61. The number of benzene rings is 1. The molecule has 0 atom stereocenters. The van der Waals surface area contributed by atoms with Gasteiger partial charge in [0.1, 0.15) is 5.01 Å². The zero-order chi connectivity index (χ0) is 20.9. The molecule has 1 aliphatic rings. The van der Waals surface area contributed by atoms with Crippen LogP contribution in [0.1, 0.15) is 47.6 Å². The van der Waals surface area contributed by atoms with Gasteiger partial charge in [-0.25, -0.2) is 8.42 Å². The quantitative estimate of drug-likeness (QED) is 0.680. The van der Waals surface area contributed by atoms with Crippen LogP contribution in [0.2, 0.25) is 0 Å². The molecule has 0 spiro atoms. The lowest BCUT2D eigenvalue weighted by Crippen LogP contribution is -2.41. The van der Waals surface area contributed by atoms with Crippen molar-refractivity contribution in [2.45, 2.75) is 44.4 Å². The molecule has 0 radical (unpaired) electrons. The van der Waals surface area contributed by atoms with Crippen molar-refractivity contribution in [3.05, 3.63) is 34.3 Å². The molecule has 8 nitrogen and oxygen atoms in total. The van der Waals surface area contributed by atoms with E-state index in [0.717, 1.165) is 24.3 Å². The van der Waals surface area contributed by atoms with Gasteiger partial charge in [0.05, 0.1) is 18.1 Å². The highest BCUT2D eigenvalue weighted by Gasteiger charge is 2.29. The van der Waals surface area contributed by atoms with Crippen molar-refractivity contribution in [3.8, 4) is 0 Å². The number of hydrogen-bond donors (Lipinski definition) is 1. The summed E-state index contributed by atoms with van der Waals surface area (Å²) < 4.78 is 32.9. The number of morpholine rings is 1. The highest BCUT2D eigenvalue weighted by Crippen LogP contribution is 2.24. The Balaban J connectivity index is 1.82. The second kappa shape index (κ2) is 9.75. The zero-order valence-electron chi connectivity index (χ0n) is 16.7. The smallest absolute Gasteiger partial charge is 0.257 e. The maximum atomic E-state index is 13.1. The molecular formula is C19H26N4O4S2. The maximum absolute atomic E-state index is 13.1. The minimum absolute atomic E-state index is 0.176. The molecule has 0 saturated carbocycles. The van der Waals surface area contributed by atoms with Crippen molar-refractivity contribution in [2.75, 3.05) is 31.6 Å². The number of anilines is 1. The number of hydrogen-bond acceptors (Lipinski definition) is 7. The molecule has 1 fully saturated rings. The molecule has 3 rings (SSSR count). The molecule has 0 unspecified atom stereocenters. The molecule has 1 aliphatic heterocycles. The van der Waals surface area contributed by atoms with Crippen molar-refractivity contribution in [1.82, 2.24) is 14.5 Å². The topological polar surface area (TPSA) is 101 Å². The lowest BCUT2D eigenvalue weighted by molar-refractivity contribution is 0.0730. The van der Waals surface area contributed by atoms with E-state index >= 15 is 0 Å². The van der Waals surface area contributed by atoms with E-state index in [1.165, 1.54) is 21.7 Å². The summed E-state index contributed by atoms with van der Waals surface area (Å²) >= 11 is 1.34. The number of unbranched alkanes of at least 4 members (excludes halogenated alkanes) is 1. The normalized spacial score (nSPS) is 15.4. The largest absolute Gasteiger partial charge is 0.379 e. The van der Waals surface area contributed by atoms with Gasteiger partial charge in [-0.15, -0.1) is 10.2 Å². The van der Waals surface area contributed by atoms with Crippen molar-refractivity contribution < 1.29 is 17.9 Å². The van der Waals surface area contributed by atoms with E-state index in [2.05, 4.69) is 22.4 Å². The molecule has 1 amide bonds. The first-order valence-electron chi connectivity index (χ1n) is 9.80. The Morgan fingerprint density at radius 3 is 2.69 bits per heavy atom. The van der Waals surface area contributed by atoms with E-state index in [0.29, 0.717) is 43.4 Å². The fourth-order valence-electron chi connectivity index (χ4n) is 3.06. The number of amides is 1. The SMILES string of the molecule is CCCCc1nnc(NC(=O)c2ccc(CC)c(S(=O)(=O)N3CCOCC3)c2)s1. The first kappa shape index (κ1) is 21.8. The molecule has 1 aromatic heterocycles. The predicted molar refractivity (Wildman–Crippen MR) is 112 cm³/mol. The van der Waals surface area contributed by atoms with Crippen LogP contribution in [-0.4, -0.2) is 55.1 Å². The van der Waals surface area contributed by atoms with Crippen LogP contribution in [0.25, 0.3) is 0 Å². The monoisotopic (exact) mass is 438 g/mol. The summed E-state index contributed by atoms with van der Waals surface area (Å²) in [4.78, 5) is 12.9. The average Bonchev–Trinajstić information content (AvgIpc) is 3.19. The fourth-order valence-corrected chi connectivity index (χ4v) is 5.56. The minimum Gasteiger partial charge on any atom is -0.379 e. The van der Waals surface area contributed by atoms with Crippen molar-refractivity contribution in [1.29, 1.82) is 0 Å². The molecule has 1 aromatic carbocycles. The van der Waals surface area contributed by atoms with Crippen LogP contribution in [0.5, 0.6) is 0 Å². The number of aromatic nitrogens is 2. The van der Waals surface area contributed by atoms with Gasteiger partial charge in [0.15, 0.2) is 0 Å². The minimum atomic E-state index is -3.69. The standard InChI is InChI=1S/C19H26N4O4S2/c1-3-5-6-17-21-22-19(28-17)20-18(24)15-8-7-14(4-2)16(13-15)29(25,26)23-9-11-27-12-10-23/h7-8,13H,3-6,9-12H2,1-2H3,(H,20,22,24). The van der Waals surface area contributed by atoms with Crippen LogP contribution >= 0.6 is 11.3 Å². The van der Waals surface area contributed by atoms with Gasteiger partial charge in [-0.1, -0.05) is 37.7 Å². The summed E-state index contributed by atoms with van der Waals surface area (Å²) in [6, 6.07) is 4.80. The molecule has 0 aliphatic carbocycles. The van der Waals surface area contributed by atoms with Crippen LogP contribution < -0.4 is 5.32 Å². The summed E-state index contributed by atoms with van der Waals surface area (Å²) in [6.07, 6.45) is 3.46. The number of sulfonamides is 1. The van der Waals surface area contributed by atoms with E-state index in [1.807, 2.05) is 6.92 Å². The first-order chi connectivity index (χ1) is 14.0. The van der Waals surface area contributed by atoms with Gasteiger partial charge < -0.3 is 4.74 Å². The fraction of sp³-hybridized carbons (Fsp3) is 0.526. The van der Waals surface area contributed by atoms with Gasteiger partial charge >= 0.3 is 0 Å². The number of carbonyl (C=O) groups is 1. The highest BCUT2D eigenvalue weighted by atomic mass is 32.2. The highest BCUT2D eigenvalue weighted by molar-refractivity contribution is 7.89. The van der Waals surface area contributed by atoms with Crippen LogP contribution in [0, 0.1) is 0 Å².